The summed E-state index contributed by atoms with van der Waals surface area (Å²) in [5, 5.41) is 3.64. The van der Waals surface area contributed by atoms with Crippen LogP contribution in [0, 0.1) is 5.92 Å². The highest BCUT2D eigenvalue weighted by Gasteiger charge is 2.29. The van der Waals surface area contributed by atoms with Crippen LogP contribution in [0.15, 0.2) is 0 Å². The minimum atomic E-state index is -2.70. The smallest absolute Gasteiger partial charge is 0.150 e. The first-order valence-corrected chi connectivity index (χ1v) is 7.85. The summed E-state index contributed by atoms with van der Waals surface area (Å²) in [5.41, 5.74) is 0. The summed E-state index contributed by atoms with van der Waals surface area (Å²) in [6.07, 6.45) is 5.54. The van der Waals surface area contributed by atoms with Crippen molar-refractivity contribution in [2.24, 2.45) is 5.92 Å². The molecule has 2 fully saturated rings. The van der Waals surface area contributed by atoms with E-state index in [1.807, 2.05) is 0 Å². The number of nitrogens with one attached hydrogen (secondary N) is 1. The van der Waals surface area contributed by atoms with E-state index in [4.69, 9.17) is 0 Å². The van der Waals surface area contributed by atoms with Gasteiger partial charge in [-0.3, -0.25) is 0 Å². The van der Waals surface area contributed by atoms with Gasteiger partial charge in [-0.2, -0.15) is 0 Å². The molecule has 1 aliphatic heterocycles. The number of sulfone groups is 1. The second-order valence-corrected chi connectivity index (χ2v) is 7.41. The average molecular weight is 231 g/mol. The first-order valence-electron chi connectivity index (χ1n) is 6.03. The summed E-state index contributed by atoms with van der Waals surface area (Å²) in [7, 11) is -2.70. The van der Waals surface area contributed by atoms with Crippen molar-refractivity contribution in [3.8, 4) is 0 Å². The van der Waals surface area contributed by atoms with Crippen molar-refractivity contribution >= 4 is 9.84 Å². The minimum absolute atomic E-state index is 0.381. The third-order valence-corrected chi connectivity index (χ3v) is 5.58. The zero-order valence-electron chi connectivity index (χ0n) is 9.41. The van der Waals surface area contributed by atoms with Gasteiger partial charge < -0.3 is 5.32 Å². The van der Waals surface area contributed by atoms with E-state index in [2.05, 4.69) is 12.2 Å². The molecule has 1 aliphatic carbocycles. The van der Waals surface area contributed by atoms with Gasteiger partial charge in [0, 0.05) is 12.1 Å². The van der Waals surface area contributed by atoms with Crippen LogP contribution in [-0.4, -0.2) is 32.0 Å². The van der Waals surface area contributed by atoms with E-state index in [1.165, 1.54) is 19.3 Å². The predicted molar refractivity (Wildman–Crippen MR) is 61.6 cm³/mol. The van der Waals surface area contributed by atoms with E-state index in [1.54, 1.807) is 0 Å². The second kappa shape index (κ2) is 4.42. The van der Waals surface area contributed by atoms with Gasteiger partial charge >= 0.3 is 0 Å². The fourth-order valence-electron chi connectivity index (χ4n) is 2.75. The van der Waals surface area contributed by atoms with Gasteiger partial charge in [-0.25, -0.2) is 8.42 Å². The van der Waals surface area contributed by atoms with Gasteiger partial charge in [0.1, 0.15) is 9.84 Å². The molecule has 0 aromatic rings. The first-order chi connectivity index (χ1) is 7.07. The molecular formula is C11H21NO2S. The molecule has 0 spiro atoms. The number of hydrogen-bond donors (Lipinski definition) is 1. The van der Waals surface area contributed by atoms with Crippen molar-refractivity contribution in [3.05, 3.63) is 0 Å². The van der Waals surface area contributed by atoms with E-state index in [0.717, 1.165) is 18.8 Å². The first kappa shape index (κ1) is 11.4. The van der Waals surface area contributed by atoms with Crippen LogP contribution in [0.4, 0.5) is 0 Å². The van der Waals surface area contributed by atoms with Gasteiger partial charge in [-0.15, -0.1) is 0 Å². The maximum Gasteiger partial charge on any atom is 0.150 e. The van der Waals surface area contributed by atoms with Crippen LogP contribution in [0.3, 0.4) is 0 Å². The monoisotopic (exact) mass is 231 g/mol. The Morgan fingerprint density at radius 2 is 1.73 bits per heavy atom. The quantitative estimate of drug-likeness (QED) is 0.780. The van der Waals surface area contributed by atoms with E-state index in [0.29, 0.717) is 23.6 Å². The lowest BCUT2D eigenvalue weighted by atomic mass is 10.0. The fourth-order valence-corrected chi connectivity index (χ4v) is 4.24. The Kier molecular flexibility index (Phi) is 3.36. The Hall–Kier alpha value is -0.0900. The molecule has 2 unspecified atom stereocenters. The van der Waals surface area contributed by atoms with Gasteiger partial charge in [0.05, 0.1) is 11.5 Å². The zero-order chi connectivity index (χ0) is 10.9. The van der Waals surface area contributed by atoms with Crippen molar-refractivity contribution in [1.29, 1.82) is 0 Å². The van der Waals surface area contributed by atoms with E-state index >= 15 is 0 Å². The van der Waals surface area contributed by atoms with E-state index in [9.17, 15) is 8.42 Å². The van der Waals surface area contributed by atoms with Crippen LogP contribution in [0.5, 0.6) is 0 Å². The molecule has 88 valence electrons. The average Bonchev–Trinajstić information content (AvgIpc) is 2.56. The van der Waals surface area contributed by atoms with Crippen LogP contribution >= 0.6 is 0 Å². The van der Waals surface area contributed by atoms with Crippen LogP contribution in [0.1, 0.15) is 39.0 Å². The molecule has 0 radical (unpaired) electrons. The lowest BCUT2D eigenvalue weighted by molar-refractivity contribution is 0.353. The summed E-state index contributed by atoms with van der Waals surface area (Å²) in [6.45, 7) is 2.30. The van der Waals surface area contributed by atoms with Crippen molar-refractivity contribution < 1.29 is 8.42 Å². The third kappa shape index (κ3) is 2.94. The van der Waals surface area contributed by atoms with Gasteiger partial charge in [-0.05, 0) is 31.6 Å². The Bertz CT molecular complexity index is 299. The molecule has 0 bridgehead atoms. The van der Waals surface area contributed by atoms with Crippen LogP contribution < -0.4 is 5.32 Å². The molecule has 2 rings (SSSR count). The largest absolute Gasteiger partial charge is 0.311 e. The highest BCUT2D eigenvalue weighted by Crippen LogP contribution is 2.26. The second-order valence-electron chi connectivity index (χ2n) is 5.11. The lowest BCUT2D eigenvalue weighted by Gasteiger charge is -2.28. The SMILES string of the molecule is CC1CCCC1NC1CCS(=O)(=O)CC1. The van der Waals surface area contributed by atoms with E-state index in [-0.39, 0.29) is 0 Å². The Morgan fingerprint density at radius 3 is 2.27 bits per heavy atom. The van der Waals surface area contributed by atoms with Gasteiger partial charge in [0.15, 0.2) is 0 Å². The molecule has 1 saturated heterocycles. The third-order valence-electron chi connectivity index (χ3n) is 3.87. The molecule has 0 aromatic carbocycles. The van der Waals surface area contributed by atoms with Crippen LogP contribution in [0.2, 0.25) is 0 Å². The molecule has 1 N–H and O–H groups in total. The van der Waals surface area contributed by atoms with Crippen molar-refractivity contribution in [2.45, 2.75) is 51.1 Å². The Morgan fingerprint density at radius 1 is 1.07 bits per heavy atom. The predicted octanol–water partition coefficient (Wildman–Crippen LogP) is 1.34. The van der Waals surface area contributed by atoms with Crippen LogP contribution in [0.25, 0.3) is 0 Å². The molecule has 3 nitrogen and oxygen atoms in total. The summed E-state index contributed by atoms with van der Waals surface area (Å²) < 4.78 is 22.5. The zero-order valence-corrected chi connectivity index (χ0v) is 10.2. The lowest BCUT2D eigenvalue weighted by Crippen LogP contribution is -2.44. The summed E-state index contributed by atoms with van der Waals surface area (Å²) in [5.74, 6) is 1.53. The number of hydrogen-bond acceptors (Lipinski definition) is 3. The molecule has 4 heteroatoms. The normalized spacial score (nSPS) is 36.9. The molecule has 1 heterocycles. The van der Waals surface area contributed by atoms with Gasteiger partial charge in [0.25, 0.3) is 0 Å². The Labute approximate surface area is 92.6 Å². The maximum atomic E-state index is 11.3. The molecule has 2 atom stereocenters. The topological polar surface area (TPSA) is 46.2 Å². The van der Waals surface area contributed by atoms with Crippen LogP contribution in [-0.2, 0) is 9.84 Å². The molecule has 0 aromatic heterocycles. The van der Waals surface area contributed by atoms with Gasteiger partial charge in [0.2, 0.25) is 0 Å². The fraction of sp³-hybridized carbons (Fsp3) is 1.00. The minimum Gasteiger partial charge on any atom is -0.311 e. The van der Waals surface area contributed by atoms with Crippen molar-refractivity contribution in [1.82, 2.24) is 5.32 Å². The molecule has 0 amide bonds. The maximum absolute atomic E-state index is 11.3. The standard InChI is InChI=1S/C11H21NO2S/c1-9-3-2-4-11(9)12-10-5-7-15(13,14)8-6-10/h9-12H,2-8H2,1H3. The molecule has 15 heavy (non-hydrogen) atoms. The van der Waals surface area contributed by atoms with E-state index < -0.39 is 9.84 Å². The molecule has 1 saturated carbocycles. The molecular weight excluding hydrogens is 210 g/mol. The van der Waals surface area contributed by atoms with Gasteiger partial charge in [-0.1, -0.05) is 13.3 Å². The van der Waals surface area contributed by atoms with Crippen molar-refractivity contribution in [3.63, 3.8) is 0 Å². The summed E-state index contributed by atoms with van der Waals surface area (Å²) in [6, 6.07) is 1.08. The molecule has 2 aliphatic rings. The number of rotatable bonds is 2. The summed E-state index contributed by atoms with van der Waals surface area (Å²) >= 11 is 0. The highest BCUT2D eigenvalue weighted by atomic mass is 32.2. The highest BCUT2D eigenvalue weighted by molar-refractivity contribution is 7.91. The Balaban J connectivity index is 1.81. The van der Waals surface area contributed by atoms with Crippen molar-refractivity contribution in [2.75, 3.05) is 11.5 Å². The summed E-state index contributed by atoms with van der Waals surface area (Å²) in [4.78, 5) is 0.